The normalized spacial score (nSPS) is 44.2. The number of benzene rings is 1. The Morgan fingerprint density at radius 2 is 1.92 bits per heavy atom. The van der Waals surface area contributed by atoms with Gasteiger partial charge in [-0.3, -0.25) is 0 Å². The Balaban J connectivity index is 1.71. The molecule has 1 aromatic carbocycles. The topological polar surface area (TPSA) is 36.0 Å². The molecule has 6 atom stereocenters. The number of hydrogen-bond acceptors (Lipinski definition) is 1. The van der Waals surface area contributed by atoms with Crippen LogP contribution in [0.15, 0.2) is 24.3 Å². The molecule has 1 aromatic heterocycles. The van der Waals surface area contributed by atoms with Crippen LogP contribution in [0.4, 0.5) is 0 Å². The van der Waals surface area contributed by atoms with Crippen LogP contribution in [0.1, 0.15) is 57.7 Å². The maximum absolute atomic E-state index is 10.5. The number of rotatable bonds is 0. The van der Waals surface area contributed by atoms with E-state index in [1.807, 2.05) is 0 Å². The minimum atomic E-state index is -0.105. The smallest absolute Gasteiger partial charge is 0.0568 e. The highest BCUT2D eigenvalue weighted by Gasteiger charge is 2.63. The standard InChI is InChI=1S/C22H29NO/c1-13-17-9-8-14-12-16-15-6-4-5-7-18(15)23-20(16)22(14,3)21(17,2)11-10-19(13)24/h4-7,13-14,17,19,23-24H,8-12H2,1-3H3/t13-,14?,17?,19+,21+,22-/m1/s1. The Morgan fingerprint density at radius 1 is 1.12 bits per heavy atom. The van der Waals surface area contributed by atoms with Gasteiger partial charge in [-0.25, -0.2) is 0 Å². The van der Waals surface area contributed by atoms with Gasteiger partial charge in [0.1, 0.15) is 0 Å². The molecule has 2 N–H and O–H groups in total. The molecule has 2 heteroatoms. The second kappa shape index (κ2) is 4.66. The van der Waals surface area contributed by atoms with Crippen LogP contribution in [0.2, 0.25) is 0 Å². The zero-order valence-corrected chi connectivity index (χ0v) is 15.1. The number of aromatic amines is 1. The molecule has 0 saturated heterocycles. The van der Waals surface area contributed by atoms with Gasteiger partial charge in [0.15, 0.2) is 0 Å². The minimum Gasteiger partial charge on any atom is -0.393 e. The first-order valence-corrected chi connectivity index (χ1v) is 9.75. The maximum atomic E-state index is 10.5. The predicted molar refractivity (Wildman–Crippen MR) is 98.1 cm³/mol. The number of hydrogen-bond donors (Lipinski definition) is 2. The van der Waals surface area contributed by atoms with Gasteiger partial charge >= 0.3 is 0 Å². The van der Waals surface area contributed by atoms with Crippen molar-refractivity contribution in [1.29, 1.82) is 0 Å². The second-order valence-corrected chi connectivity index (χ2v) is 9.19. The summed E-state index contributed by atoms with van der Waals surface area (Å²) >= 11 is 0. The summed E-state index contributed by atoms with van der Waals surface area (Å²) < 4.78 is 0. The highest BCUT2D eigenvalue weighted by Crippen LogP contribution is 2.67. The van der Waals surface area contributed by atoms with E-state index in [0.717, 1.165) is 18.8 Å². The molecule has 0 amide bonds. The number of para-hydroxylation sites is 1. The van der Waals surface area contributed by atoms with Crippen LogP contribution >= 0.6 is 0 Å². The van der Waals surface area contributed by atoms with E-state index in [2.05, 4.69) is 50.0 Å². The molecule has 0 aliphatic heterocycles. The Bertz CT molecular complexity index is 807. The molecule has 0 spiro atoms. The highest BCUT2D eigenvalue weighted by molar-refractivity contribution is 5.86. The summed E-state index contributed by atoms with van der Waals surface area (Å²) in [4.78, 5) is 3.84. The largest absolute Gasteiger partial charge is 0.393 e. The molecule has 2 unspecified atom stereocenters. The number of H-pyrrole nitrogens is 1. The zero-order valence-electron chi connectivity index (χ0n) is 15.1. The van der Waals surface area contributed by atoms with Crippen LogP contribution in [0, 0.1) is 23.2 Å². The van der Waals surface area contributed by atoms with E-state index in [1.54, 1.807) is 5.56 Å². The van der Waals surface area contributed by atoms with Crippen LogP contribution in [-0.2, 0) is 11.8 Å². The van der Waals surface area contributed by atoms with Gasteiger partial charge in [-0.15, -0.1) is 0 Å². The molecule has 1 heterocycles. The lowest BCUT2D eigenvalue weighted by atomic mass is 9.44. The van der Waals surface area contributed by atoms with E-state index in [9.17, 15) is 5.11 Å². The Morgan fingerprint density at radius 3 is 2.75 bits per heavy atom. The average molecular weight is 323 g/mol. The Labute approximate surface area is 144 Å². The summed E-state index contributed by atoms with van der Waals surface area (Å²) in [7, 11) is 0. The van der Waals surface area contributed by atoms with E-state index in [4.69, 9.17) is 0 Å². The fourth-order valence-corrected chi connectivity index (χ4v) is 7.00. The van der Waals surface area contributed by atoms with E-state index in [1.165, 1.54) is 35.9 Å². The lowest BCUT2D eigenvalue weighted by molar-refractivity contribution is -0.113. The Hall–Kier alpha value is -1.28. The van der Waals surface area contributed by atoms with Gasteiger partial charge < -0.3 is 10.1 Å². The highest BCUT2D eigenvalue weighted by atomic mass is 16.3. The van der Waals surface area contributed by atoms with Crippen LogP contribution in [0.3, 0.4) is 0 Å². The number of fused-ring (bicyclic) bond motifs is 7. The van der Waals surface area contributed by atoms with E-state index in [0.29, 0.717) is 17.3 Å². The third kappa shape index (κ3) is 1.57. The number of aliphatic hydroxyl groups excluding tert-OH is 1. The van der Waals surface area contributed by atoms with Gasteiger partial charge in [0.2, 0.25) is 0 Å². The van der Waals surface area contributed by atoms with Crippen molar-refractivity contribution in [3.05, 3.63) is 35.5 Å². The molecule has 0 radical (unpaired) electrons. The van der Waals surface area contributed by atoms with Gasteiger partial charge in [-0.1, -0.05) is 39.0 Å². The Kier molecular flexibility index (Phi) is 2.92. The molecule has 24 heavy (non-hydrogen) atoms. The van der Waals surface area contributed by atoms with E-state index >= 15 is 0 Å². The first-order chi connectivity index (χ1) is 11.5. The molecule has 2 saturated carbocycles. The summed E-state index contributed by atoms with van der Waals surface area (Å²) in [6.07, 6.45) is 5.85. The first kappa shape index (κ1) is 15.0. The van der Waals surface area contributed by atoms with Crippen molar-refractivity contribution in [1.82, 2.24) is 4.98 Å². The summed E-state index contributed by atoms with van der Waals surface area (Å²) in [5, 5.41) is 11.9. The molecule has 2 fully saturated rings. The summed E-state index contributed by atoms with van der Waals surface area (Å²) in [5.74, 6) is 1.82. The number of nitrogens with one attached hydrogen (secondary N) is 1. The quantitative estimate of drug-likeness (QED) is 0.717. The van der Waals surface area contributed by atoms with Crippen LogP contribution < -0.4 is 0 Å². The minimum absolute atomic E-state index is 0.105. The van der Waals surface area contributed by atoms with Crippen molar-refractivity contribution in [3.63, 3.8) is 0 Å². The number of aromatic nitrogens is 1. The summed E-state index contributed by atoms with van der Waals surface area (Å²) in [6, 6.07) is 8.82. The third-order valence-corrected chi connectivity index (χ3v) is 8.63. The van der Waals surface area contributed by atoms with Gasteiger partial charge in [0, 0.05) is 22.0 Å². The van der Waals surface area contributed by atoms with E-state index < -0.39 is 0 Å². The van der Waals surface area contributed by atoms with Crippen LogP contribution in [-0.4, -0.2) is 16.2 Å². The predicted octanol–water partition coefficient (Wildman–Crippen LogP) is 4.81. The van der Waals surface area contributed by atoms with Crippen molar-refractivity contribution in [2.24, 2.45) is 23.2 Å². The molecule has 2 nitrogen and oxygen atoms in total. The fourth-order valence-electron chi connectivity index (χ4n) is 7.00. The van der Waals surface area contributed by atoms with E-state index in [-0.39, 0.29) is 11.5 Å². The molecule has 5 rings (SSSR count). The molecule has 2 aromatic rings. The van der Waals surface area contributed by atoms with Crippen molar-refractivity contribution < 1.29 is 5.11 Å². The van der Waals surface area contributed by atoms with Crippen LogP contribution in [0.5, 0.6) is 0 Å². The molecule has 3 aliphatic rings. The van der Waals surface area contributed by atoms with Gasteiger partial charge in [0.25, 0.3) is 0 Å². The molecule has 0 bridgehead atoms. The van der Waals surface area contributed by atoms with Crippen LogP contribution in [0.25, 0.3) is 10.9 Å². The van der Waals surface area contributed by atoms with Crippen molar-refractivity contribution >= 4 is 10.9 Å². The lowest BCUT2D eigenvalue weighted by Gasteiger charge is -2.61. The maximum Gasteiger partial charge on any atom is 0.0568 e. The lowest BCUT2D eigenvalue weighted by Crippen LogP contribution is -2.58. The van der Waals surface area contributed by atoms with Gasteiger partial charge in [0.05, 0.1) is 6.10 Å². The van der Waals surface area contributed by atoms with Crippen molar-refractivity contribution in [3.8, 4) is 0 Å². The molecule has 128 valence electrons. The fraction of sp³-hybridized carbons (Fsp3) is 0.636. The van der Waals surface area contributed by atoms with Crippen molar-refractivity contribution in [2.75, 3.05) is 0 Å². The average Bonchev–Trinajstić information content (AvgIpc) is 3.08. The number of aliphatic hydroxyl groups is 1. The monoisotopic (exact) mass is 323 g/mol. The SMILES string of the molecule is C[C@@H]1C2CCC3Cc4c([nH]c5ccccc45)[C@]3(C)[C@@]2(C)CC[C@@H]1O. The second-order valence-electron chi connectivity index (χ2n) is 9.19. The molecular weight excluding hydrogens is 294 g/mol. The first-order valence-electron chi connectivity index (χ1n) is 9.75. The van der Waals surface area contributed by atoms with Gasteiger partial charge in [-0.05, 0) is 66.9 Å². The molecule has 3 aliphatic carbocycles. The third-order valence-electron chi connectivity index (χ3n) is 8.63. The van der Waals surface area contributed by atoms with Gasteiger partial charge in [-0.2, -0.15) is 0 Å². The zero-order chi connectivity index (χ0) is 16.7. The molecular formula is C22H29NO. The van der Waals surface area contributed by atoms with Crippen molar-refractivity contribution in [2.45, 2.75) is 64.4 Å². The summed E-state index contributed by atoms with van der Waals surface area (Å²) in [5.41, 5.74) is 4.92. The summed E-state index contributed by atoms with van der Waals surface area (Å²) in [6.45, 7) is 7.36.